The van der Waals surface area contributed by atoms with E-state index in [1.165, 1.54) is 31.7 Å². The molecule has 1 fully saturated rings. The minimum atomic E-state index is -0.215. The Balaban J connectivity index is 1.79. The van der Waals surface area contributed by atoms with Gasteiger partial charge in [0.1, 0.15) is 0 Å². The summed E-state index contributed by atoms with van der Waals surface area (Å²) in [5.74, 6) is 1.59. The van der Waals surface area contributed by atoms with E-state index in [4.69, 9.17) is 4.42 Å². The van der Waals surface area contributed by atoms with Crippen LogP contribution in [0.2, 0.25) is 0 Å². The van der Waals surface area contributed by atoms with Gasteiger partial charge in [0.15, 0.2) is 0 Å². The Kier molecular flexibility index (Phi) is 4.42. The molecule has 0 unspecified atom stereocenters. The number of aromatic nitrogens is 2. The Morgan fingerprint density at radius 1 is 1.47 bits per heavy atom. The summed E-state index contributed by atoms with van der Waals surface area (Å²) in [6.45, 7) is 0. The molecular formula is C11H16N2O3S. The van der Waals surface area contributed by atoms with E-state index in [1.807, 2.05) is 0 Å². The highest BCUT2D eigenvalue weighted by Gasteiger charge is 2.22. The molecule has 0 radical (unpaired) electrons. The van der Waals surface area contributed by atoms with Crippen LogP contribution in [-0.2, 0) is 9.53 Å². The molecule has 2 rings (SSSR count). The van der Waals surface area contributed by atoms with E-state index >= 15 is 0 Å². The first-order chi connectivity index (χ1) is 8.29. The number of carbonyl (C=O) groups excluding carboxylic acids is 1. The van der Waals surface area contributed by atoms with Crippen molar-refractivity contribution in [3.63, 3.8) is 0 Å². The Morgan fingerprint density at radius 3 is 2.94 bits per heavy atom. The van der Waals surface area contributed by atoms with Crippen molar-refractivity contribution in [2.75, 3.05) is 12.9 Å². The van der Waals surface area contributed by atoms with Gasteiger partial charge in [0.2, 0.25) is 5.89 Å². The largest absolute Gasteiger partial charge is 0.469 e. The fourth-order valence-corrected chi connectivity index (χ4v) is 2.63. The third kappa shape index (κ3) is 3.46. The zero-order valence-electron chi connectivity index (χ0n) is 9.85. The number of thioether (sulfide) groups is 1. The summed E-state index contributed by atoms with van der Waals surface area (Å²) >= 11 is 1.40. The summed E-state index contributed by atoms with van der Waals surface area (Å²) < 4.78 is 10.1. The molecule has 1 aromatic heterocycles. The van der Waals surface area contributed by atoms with Crippen molar-refractivity contribution in [2.45, 2.75) is 43.2 Å². The van der Waals surface area contributed by atoms with Crippen LogP contribution in [0.5, 0.6) is 0 Å². The lowest BCUT2D eigenvalue weighted by Gasteiger charge is -2.00. The molecule has 0 aromatic carbocycles. The molecule has 0 N–H and O–H groups in total. The summed E-state index contributed by atoms with van der Waals surface area (Å²) in [6.07, 6.45) is 5.15. The molecule has 0 bridgehead atoms. The van der Waals surface area contributed by atoms with E-state index in [2.05, 4.69) is 14.9 Å². The molecule has 0 atom stereocenters. The Hall–Kier alpha value is -1.04. The number of nitrogens with zero attached hydrogens (tertiary/aromatic N) is 2. The Morgan fingerprint density at radius 2 is 2.24 bits per heavy atom. The quantitative estimate of drug-likeness (QED) is 0.595. The second kappa shape index (κ2) is 6.05. The van der Waals surface area contributed by atoms with E-state index in [0.717, 1.165) is 18.7 Å². The molecule has 0 aliphatic heterocycles. The van der Waals surface area contributed by atoms with Gasteiger partial charge in [0.25, 0.3) is 5.22 Å². The molecule has 17 heavy (non-hydrogen) atoms. The first-order valence-corrected chi connectivity index (χ1v) is 6.81. The van der Waals surface area contributed by atoms with Crippen LogP contribution >= 0.6 is 11.8 Å². The zero-order chi connectivity index (χ0) is 12.1. The maximum absolute atomic E-state index is 10.9. The van der Waals surface area contributed by atoms with Crippen LogP contribution in [0.15, 0.2) is 9.64 Å². The van der Waals surface area contributed by atoms with E-state index in [0.29, 0.717) is 23.3 Å². The topological polar surface area (TPSA) is 65.2 Å². The van der Waals surface area contributed by atoms with Gasteiger partial charge in [-0.05, 0) is 12.8 Å². The summed E-state index contributed by atoms with van der Waals surface area (Å²) in [5, 5.41) is 8.59. The molecular weight excluding hydrogens is 240 g/mol. The van der Waals surface area contributed by atoms with Crippen LogP contribution in [-0.4, -0.2) is 29.0 Å². The van der Waals surface area contributed by atoms with Gasteiger partial charge in [-0.1, -0.05) is 24.6 Å². The van der Waals surface area contributed by atoms with Gasteiger partial charge in [0, 0.05) is 11.7 Å². The number of ether oxygens (including phenoxy) is 1. The van der Waals surface area contributed by atoms with Gasteiger partial charge in [-0.15, -0.1) is 10.2 Å². The average molecular weight is 256 g/mol. The minimum absolute atomic E-state index is 0.215. The van der Waals surface area contributed by atoms with Gasteiger partial charge >= 0.3 is 5.97 Å². The monoisotopic (exact) mass is 256 g/mol. The second-order valence-electron chi connectivity index (χ2n) is 4.06. The molecule has 1 aromatic rings. The second-order valence-corrected chi connectivity index (χ2v) is 5.11. The molecule has 94 valence electrons. The third-order valence-electron chi connectivity index (χ3n) is 2.89. The number of rotatable bonds is 5. The van der Waals surface area contributed by atoms with Crippen LogP contribution < -0.4 is 0 Å². The lowest BCUT2D eigenvalue weighted by Crippen LogP contribution is -2.00. The average Bonchev–Trinajstić information content (AvgIpc) is 2.98. The van der Waals surface area contributed by atoms with Crippen molar-refractivity contribution in [1.29, 1.82) is 0 Å². The van der Waals surface area contributed by atoms with Crippen LogP contribution in [0, 0.1) is 0 Å². The van der Waals surface area contributed by atoms with Crippen molar-refractivity contribution in [3.8, 4) is 0 Å². The Labute approximate surface area is 104 Å². The molecule has 5 nitrogen and oxygen atoms in total. The molecule has 0 amide bonds. The number of esters is 1. The van der Waals surface area contributed by atoms with E-state index in [-0.39, 0.29) is 5.97 Å². The molecule has 6 heteroatoms. The number of hydrogen-bond acceptors (Lipinski definition) is 6. The van der Waals surface area contributed by atoms with Crippen molar-refractivity contribution < 1.29 is 13.9 Å². The summed E-state index contributed by atoms with van der Waals surface area (Å²) in [6, 6.07) is 0. The van der Waals surface area contributed by atoms with E-state index < -0.39 is 0 Å². The lowest BCUT2D eigenvalue weighted by atomic mass is 10.1. The van der Waals surface area contributed by atoms with Crippen molar-refractivity contribution in [2.24, 2.45) is 0 Å². The summed E-state index contributed by atoms with van der Waals surface area (Å²) in [7, 11) is 1.39. The summed E-state index contributed by atoms with van der Waals surface area (Å²) in [5.41, 5.74) is 0. The van der Waals surface area contributed by atoms with Gasteiger partial charge in [-0.25, -0.2) is 0 Å². The maximum Gasteiger partial charge on any atom is 0.306 e. The standard InChI is InChI=1S/C11H16N2O3S/c1-15-9(14)6-7-17-11-13-12-10(16-11)8-4-2-3-5-8/h8H,2-7H2,1H3. The predicted molar refractivity (Wildman–Crippen MR) is 62.9 cm³/mol. The SMILES string of the molecule is COC(=O)CCSc1nnc(C2CCCC2)o1. The number of hydrogen-bond donors (Lipinski definition) is 0. The molecule has 1 aliphatic rings. The van der Waals surface area contributed by atoms with Gasteiger partial charge in [0.05, 0.1) is 13.5 Å². The predicted octanol–water partition coefficient (Wildman–Crippen LogP) is 2.38. The van der Waals surface area contributed by atoms with E-state index in [1.54, 1.807) is 0 Å². The van der Waals surface area contributed by atoms with Gasteiger partial charge in [-0.3, -0.25) is 4.79 Å². The summed E-state index contributed by atoms with van der Waals surface area (Å²) in [4.78, 5) is 10.9. The highest BCUT2D eigenvalue weighted by molar-refractivity contribution is 7.99. The molecule has 1 saturated carbocycles. The minimum Gasteiger partial charge on any atom is -0.469 e. The lowest BCUT2D eigenvalue weighted by molar-refractivity contribution is -0.140. The van der Waals surface area contributed by atoms with Gasteiger partial charge < -0.3 is 9.15 Å². The normalized spacial score (nSPS) is 16.3. The molecule has 0 spiro atoms. The van der Waals surface area contributed by atoms with E-state index in [9.17, 15) is 4.79 Å². The number of carbonyl (C=O) groups is 1. The maximum atomic E-state index is 10.9. The highest BCUT2D eigenvalue weighted by Crippen LogP contribution is 2.34. The molecule has 0 saturated heterocycles. The molecule has 1 aliphatic carbocycles. The zero-order valence-corrected chi connectivity index (χ0v) is 10.7. The van der Waals surface area contributed by atoms with Crippen molar-refractivity contribution >= 4 is 17.7 Å². The molecule has 1 heterocycles. The fourth-order valence-electron chi connectivity index (χ4n) is 1.94. The highest BCUT2D eigenvalue weighted by atomic mass is 32.2. The van der Waals surface area contributed by atoms with Crippen LogP contribution in [0.1, 0.15) is 43.9 Å². The van der Waals surface area contributed by atoms with Crippen LogP contribution in [0.25, 0.3) is 0 Å². The van der Waals surface area contributed by atoms with Crippen LogP contribution in [0.3, 0.4) is 0 Å². The van der Waals surface area contributed by atoms with Crippen molar-refractivity contribution in [3.05, 3.63) is 5.89 Å². The first kappa shape index (κ1) is 12.4. The van der Waals surface area contributed by atoms with Crippen molar-refractivity contribution in [1.82, 2.24) is 10.2 Å². The fraction of sp³-hybridized carbons (Fsp3) is 0.727. The smallest absolute Gasteiger partial charge is 0.306 e. The first-order valence-electron chi connectivity index (χ1n) is 5.82. The Bertz CT molecular complexity index is 375. The van der Waals surface area contributed by atoms with Gasteiger partial charge in [-0.2, -0.15) is 0 Å². The van der Waals surface area contributed by atoms with Crippen LogP contribution in [0.4, 0.5) is 0 Å². The number of methoxy groups -OCH3 is 1. The third-order valence-corrected chi connectivity index (χ3v) is 3.71.